The van der Waals surface area contributed by atoms with Crippen LogP contribution in [0.2, 0.25) is 5.02 Å². The average Bonchev–Trinajstić information content (AvgIpc) is 3.16. The lowest BCUT2D eigenvalue weighted by Gasteiger charge is -2.16. The van der Waals surface area contributed by atoms with Crippen LogP contribution in [0, 0.1) is 0 Å². The normalized spacial score (nSPS) is 11.9. The molecule has 4 rings (SSSR count). The number of nitrogen functional groups attached to an aromatic ring is 1. The molecule has 7 nitrogen and oxygen atoms in total. The molecule has 0 unspecified atom stereocenters. The molecule has 0 amide bonds. The molecule has 0 saturated carbocycles. The molecular weight excluding hydrogens is 397 g/mol. The Balaban J connectivity index is 2.16. The van der Waals surface area contributed by atoms with Gasteiger partial charge in [-0.15, -0.1) is 0 Å². The van der Waals surface area contributed by atoms with Crippen LogP contribution >= 0.6 is 11.6 Å². The lowest BCUT2D eigenvalue weighted by Crippen LogP contribution is -2.27. The summed E-state index contributed by atoms with van der Waals surface area (Å²) in [6, 6.07) is 7.98. The topological polar surface area (TPSA) is 91.6 Å². The Morgan fingerprint density at radius 1 is 1.07 bits per heavy atom. The Labute approximate surface area is 159 Å². The first kappa shape index (κ1) is 18.0. The summed E-state index contributed by atoms with van der Waals surface area (Å²) in [5.74, 6) is 0. The highest BCUT2D eigenvalue weighted by Crippen LogP contribution is 2.32. The number of fused-ring (bicyclic) bond motifs is 1. The summed E-state index contributed by atoms with van der Waals surface area (Å²) in [6.45, 7) is 0. The van der Waals surface area contributed by atoms with Crippen LogP contribution in [-0.2, 0) is 6.18 Å². The van der Waals surface area contributed by atoms with Crippen LogP contribution in [0.5, 0.6) is 0 Å². The Morgan fingerprint density at radius 2 is 1.79 bits per heavy atom. The molecule has 3 heterocycles. The molecule has 0 saturated heterocycles. The number of halogens is 4. The smallest absolute Gasteiger partial charge is 0.396 e. The van der Waals surface area contributed by atoms with Crippen LogP contribution in [0.1, 0.15) is 5.69 Å². The number of aromatic nitrogens is 5. The summed E-state index contributed by atoms with van der Waals surface area (Å²) in [7, 11) is 0. The van der Waals surface area contributed by atoms with Gasteiger partial charge in [0.15, 0.2) is 5.69 Å². The number of nitrogens with zero attached hydrogens (tertiary/aromatic N) is 5. The highest BCUT2D eigenvalue weighted by molar-refractivity contribution is 6.30. The molecule has 2 N–H and O–H groups in total. The fourth-order valence-electron chi connectivity index (χ4n) is 2.81. The summed E-state index contributed by atoms with van der Waals surface area (Å²) in [5, 5.41) is 4.47. The molecular formula is C17H10ClF3N6O. The average molecular weight is 407 g/mol. The maximum absolute atomic E-state index is 13.2. The number of benzene rings is 1. The summed E-state index contributed by atoms with van der Waals surface area (Å²) >= 11 is 5.89. The SMILES string of the molecule is Nc1c(-n2cncn2)c(=O)n(-c2ccc(Cl)cc2)c2nc(C(F)(F)F)ccc12. The highest BCUT2D eigenvalue weighted by Gasteiger charge is 2.33. The maximum Gasteiger partial charge on any atom is 0.433 e. The van der Waals surface area contributed by atoms with Gasteiger partial charge in [0.25, 0.3) is 5.56 Å². The van der Waals surface area contributed by atoms with Crippen molar-refractivity contribution < 1.29 is 13.2 Å². The predicted molar refractivity (Wildman–Crippen MR) is 96.7 cm³/mol. The zero-order valence-corrected chi connectivity index (χ0v) is 14.6. The molecule has 11 heteroatoms. The number of rotatable bonds is 2. The second-order valence-electron chi connectivity index (χ2n) is 5.78. The number of nitrogens with two attached hydrogens (primary N) is 1. The van der Waals surface area contributed by atoms with Crippen LogP contribution in [0.25, 0.3) is 22.4 Å². The van der Waals surface area contributed by atoms with Gasteiger partial charge in [0.05, 0.1) is 11.4 Å². The lowest BCUT2D eigenvalue weighted by atomic mass is 10.2. The third-order valence-corrected chi connectivity index (χ3v) is 4.31. The Morgan fingerprint density at radius 3 is 2.39 bits per heavy atom. The number of hydrogen-bond acceptors (Lipinski definition) is 5. The van der Waals surface area contributed by atoms with Gasteiger partial charge in [-0.3, -0.25) is 9.36 Å². The van der Waals surface area contributed by atoms with E-state index in [4.69, 9.17) is 17.3 Å². The van der Waals surface area contributed by atoms with Crippen LogP contribution in [0.15, 0.2) is 53.8 Å². The molecule has 0 fully saturated rings. The van der Waals surface area contributed by atoms with E-state index in [1.165, 1.54) is 43.0 Å². The van der Waals surface area contributed by atoms with Crippen molar-refractivity contribution in [1.29, 1.82) is 0 Å². The molecule has 0 aliphatic carbocycles. The first-order valence-electron chi connectivity index (χ1n) is 7.81. The zero-order chi connectivity index (χ0) is 20.1. The van der Waals surface area contributed by atoms with E-state index in [2.05, 4.69) is 15.1 Å². The van der Waals surface area contributed by atoms with Gasteiger partial charge in [-0.25, -0.2) is 14.6 Å². The van der Waals surface area contributed by atoms with Gasteiger partial charge in [0.1, 0.15) is 24.0 Å². The largest absolute Gasteiger partial charge is 0.433 e. The van der Waals surface area contributed by atoms with Gasteiger partial charge in [-0.1, -0.05) is 11.6 Å². The van der Waals surface area contributed by atoms with Crippen molar-refractivity contribution in [3.63, 3.8) is 0 Å². The third-order valence-electron chi connectivity index (χ3n) is 4.06. The summed E-state index contributed by atoms with van der Waals surface area (Å²) in [4.78, 5) is 20.6. The van der Waals surface area contributed by atoms with E-state index in [0.29, 0.717) is 5.02 Å². The van der Waals surface area contributed by atoms with E-state index < -0.39 is 17.4 Å². The van der Waals surface area contributed by atoms with E-state index in [1.807, 2.05) is 0 Å². The predicted octanol–water partition coefficient (Wildman–Crippen LogP) is 3.22. The Bertz CT molecular complexity index is 1230. The molecule has 1 aromatic carbocycles. The molecule has 142 valence electrons. The van der Waals surface area contributed by atoms with Gasteiger partial charge in [0, 0.05) is 10.4 Å². The van der Waals surface area contributed by atoms with E-state index in [1.54, 1.807) is 0 Å². The molecule has 0 bridgehead atoms. The highest BCUT2D eigenvalue weighted by atomic mass is 35.5. The fraction of sp³-hybridized carbons (Fsp3) is 0.0588. The van der Waals surface area contributed by atoms with Gasteiger partial charge in [-0.05, 0) is 36.4 Å². The minimum absolute atomic E-state index is 0.0542. The summed E-state index contributed by atoms with van der Waals surface area (Å²) < 4.78 is 41.7. The monoisotopic (exact) mass is 406 g/mol. The lowest BCUT2D eigenvalue weighted by molar-refractivity contribution is -0.141. The van der Waals surface area contributed by atoms with Crippen molar-refractivity contribution in [2.24, 2.45) is 0 Å². The van der Waals surface area contributed by atoms with Crippen molar-refractivity contribution in [2.75, 3.05) is 5.73 Å². The molecule has 4 aromatic rings. The quantitative estimate of drug-likeness (QED) is 0.552. The molecule has 0 aliphatic heterocycles. The molecule has 0 aliphatic rings. The van der Waals surface area contributed by atoms with Crippen molar-refractivity contribution in [2.45, 2.75) is 6.18 Å². The minimum Gasteiger partial charge on any atom is -0.396 e. The van der Waals surface area contributed by atoms with Crippen molar-refractivity contribution in [3.05, 3.63) is 70.1 Å². The second-order valence-corrected chi connectivity index (χ2v) is 6.22. The molecule has 0 atom stereocenters. The van der Waals surface area contributed by atoms with Crippen LogP contribution in [-0.4, -0.2) is 24.3 Å². The Kier molecular flexibility index (Phi) is 4.07. The minimum atomic E-state index is -4.69. The summed E-state index contributed by atoms with van der Waals surface area (Å²) in [6.07, 6.45) is -2.21. The van der Waals surface area contributed by atoms with Gasteiger partial charge >= 0.3 is 6.18 Å². The summed E-state index contributed by atoms with van der Waals surface area (Å²) in [5.41, 5.74) is 4.17. The first-order chi connectivity index (χ1) is 13.3. The van der Waals surface area contributed by atoms with Crippen molar-refractivity contribution in [3.8, 4) is 11.4 Å². The molecule has 28 heavy (non-hydrogen) atoms. The van der Waals surface area contributed by atoms with Crippen LogP contribution in [0.3, 0.4) is 0 Å². The van der Waals surface area contributed by atoms with Gasteiger partial charge in [0.2, 0.25) is 0 Å². The van der Waals surface area contributed by atoms with Crippen LogP contribution in [0.4, 0.5) is 18.9 Å². The van der Waals surface area contributed by atoms with Crippen LogP contribution < -0.4 is 11.3 Å². The molecule has 0 radical (unpaired) electrons. The van der Waals surface area contributed by atoms with E-state index >= 15 is 0 Å². The number of anilines is 1. The molecule has 0 spiro atoms. The number of pyridine rings is 2. The van der Waals surface area contributed by atoms with Gasteiger partial charge < -0.3 is 5.73 Å². The number of alkyl halides is 3. The fourth-order valence-corrected chi connectivity index (χ4v) is 2.93. The second kappa shape index (κ2) is 6.34. The molecule has 3 aromatic heterocycles. The van der Waals surface area contributed by atoms with Crippen molar-refractivity contribution >= 4 is 28.3 Å². The van der Waals surface area contributed by atoms with Gasteiger partial charge in [-0.2, -0.15) is 18.3 Å². The number of hydrogen-bond donors (Lipinski definition) is 1. The maximum atomic E-state index is 13.2. The zero-order valence-electron chi connectivity index (χ0n) is 13.9. The van der Waals surface area contributed by atoms with E-state index in [9.17, 15) is 18.0 Å². The first-order valence-corrected chi connectivity index (χ1v) is 8.18. The van der Waals surface area contributed by atoms with Crippen molar-refractivity contribution in [1.82, 2.24) is 24.3 Å². The van der Waals surface area contributed by atoms with E-state index in [0.717, 1.165) is 15.3 Å². The van der Waals surface area contributed by atoms with E-state index in [-0.39, 0.29) is 28.1 Å². The standard InChI is InChI=1S/C17H10ClF3N6O/c18-9-1-3-10(4-2-9)27-15-11(5-6-12(25-15)17(19,20)21)13(22)14(16(27)28)26-8-23-7-24-26/h1-8H,22H2. The Hall–Kier alpha value is -3.40. The third kappa shape index (κ3) is 2.87.